The second kappa shape index (κ2) is 10.6. The van der Waals surface area contributed by atoms with Crippen LogP contribution < -0.4 is 0 Å². The van der Waals surface area contributed by atoms with Gasteiger partial charge in [0.2, 0.25) is 0 Å². The van der Waals surface area contributed by atoms with Crippen LogP contribution >= 0.6 is 22.6 Å². The van der Waals surface area contributed by atoms with Crippen LogP contribution in [-0.2, 0) is 4.74 Å². The molecule has 0 aliphatic heterocycles. The predicted molar refractivity (Wildman–Crippen MR) is 81.7 cm³/mol. The molecular formula is C14H20F7IO. The van der Waals surface area contributed by atoms with Crippen LogP contribution in [0.3, 0.4) is 0 Å². The molecule has 1 unspecified atom stereocenters. The summed E-state index contributed by atoms with van der Waals surface area (Å²) in [5.41, 5.74) is 0. The lowest BCUT2D eigenvalue weighted by molar-refractivity contribution is -0.341. The molecule has 1 atom stereocenters. The average Bonchev–Trinajstić information content (AvgIpc) is 2.41. The number of rotatable bonds is 12. The predicted octanol–water partition coefficient (Wildman–Crippen LogP) is 7.21. The van der Waals surface area contributed by atoms with Gasteiger partial charge in [0.15, 0.2) is 0 Å². The molecule has 138 valence electrons. The van der Waals surface area contributed by atoms with Crippen LogP contribution in [0.4, 0.5) is 30.7 Å². The minimum absolute atomic E-state index is 0.286. The second-order valence-corrected chi connectivity index (χ2v) is 6.98. The zero-order chi connectivity index (χ0) is 18.1. The van der Waals surface area contributed by atoms with Crippen molar-refractivity contribution in [3.05, 3.63) is 12.1 Å². The monoisotopic (exact) mass is 464 g/mol. The highest BCUT2D eigenvalue weighted by Gasteiger charge is 2.60. The third kappa shape index (κ3) is 8.99. The molecular weight excluding hydrogens is 444 g/mol. The van der Waals surface area contributed by atoms with E-state index < -0.39 is 34.5 Å². The Morgan fingerprint density at radius 2 is 1.48 bits per heavy atom. The summed E-state index contributed by atoms with van der Waals surface area (Å²) < 4.78 is 90.9. The van der Waals surface area contributed by atoms with Gasteiger partial charge in [-0.2, -0.15) is 30.7 Å². The Kier molecular flexibility index (Phi) is 10.5. The highest BCUT2D eigenvalue weighted by molar-refractivity contribution is 14.1. The van der Waals surface area contributed by atoms with Gasteiger partial charge in [-0.05, 0) is 6.42 Å². The summed E-state index contributed by atoms with van der Waals surface area (Å²) in [6.07, 6.45) is -3.99. The lowest BCUT2D eigenvalue weighted by Crippen LogP contribution is -2.44. The van der Waals surface area contributed by atoms with Crippen molar-refractivity contribution in [3.8, 4) is 0 Å². The van der Waals surface area contributed by atoms with E-state index in [-0.39, 0.29) is 6.42 Å². The third-order valence-corrected chi connectivity index (χ3v) is 4.20. The molecule has 1 nitrogen and oxygen atoms in total. The lowest BCUT2D eigenvalue weighted by atomic mass is 10.0. The highest BCUT2D eigenvalue weighted by Crippen LogP contribution is 2.42. The fourth-order valence-corrected chi connectivity index (χ4v) is 2.86. The topological polar surface area (TPSA) is 9.23 Å². The molecule has 0 aromatic rings. The molecule has 0 saturated heterocycles. The molecule has 0 radical (unpaired) electrons. The fraction of sp³-hybridized carbons (Fsp3) is 0.857. The van der Waals surface area contributed by atoms with E-state index in [1.165, 1.54) is 0 Å². The Balaban J connectivity index is 4.34. The number of hydrogen-bond donors (Lipinski definition) is 0. The Bertz CT molecular complexity index is 370. The van der Waals surface area contributed by atoms with Crippen molar-refractivity contribution < 1.29 is 35.5 Å². The zero-order valence-electron chi connectivity index (χ0n) is 12.7. The SMILES string of the molecule is CCCCCCCCC(I)CC(F)(F)C(F)(F)OC(F)=C(F)F. The largest absolute Gasteiger partial charge is 0.466 e. The van der Waals surface area contributed by atoms with Gasteiger partial charge >= 0.3 is 24.1 Å². The molecule has 0 amide bonds. The van der Waals surface area contributed by atoms with Crippen LogP contribution in [0.1, 0.15) is 58.3 Å². The Hall–Kier alpha value is -0.220. The summed E-state index contributed by atoms with van der Waals surface area (Å²) in [5, 5.41) is 0. The second-order valence-electron chi connectivity index (χ2n) is 5.22. The number of halogens is 8. The van der Waals surface area contributed by atoms with Gasteiger partial charge in [0.25, 0.3) is 0 Å². The maximum absolute atomic E-state index is 13.4. The van der Waals surface area contributed by atoms with Gasteiger partial charge in [-0.3, -0.25) is 0 Å². The standard InChI is InChI=1S/C14H20F7IO/c1-2-3-4-5-6-7-8-10(22)9-13(18,19)14(20,21)23-12(17)11(15)16/h10H,2-9H2,1H3. The van der Waals surface area contributed by atoms with E-state index in [1.807, 2.05) is 0 Å². The van der Waals surface area contributed by atoms with Crippen LogP contribution in [0, 0.1) is 0 Å². The van der Waals surface area contributed by atoms with Gasteiger partial charge in [0.1, 0.15) is 0 Å². The number of alkyl halides is 5. The van der Waals surface area contributed by atoms with Crippen LogP contribution in [0.25, 0.3) is 0 Å². The molecule has 0 aliphatic rings. The summed E-state index contributed by atoms with van der Waals surface area (Å²) in [6, 6.07) is -2.99. The van der Waals surface area contributed by atoms with Gasteiger partial charge < -0.3 is 4.74 Å². The molecule has 9 heteroatoms. The first kappa shape index (κ1) is 22.8. The van der Waals surface area contributed by atoms with E-state index in [0.29, 0.717) is 6.42 Å². The van der Waals surface area contributed by atoms with E-state index in [2.05, 4.69) is 11.7 Å². The summed E-state index contributed by atoms with van der Waals surface area (Å²) >= 11 is 1.60. The van der Waals surface area contributed by atoms with E-state index in [0.717, 1.165) is 32.1 Å². The minimum atomic E-state index is -5.33. The van der Waals surface area contributed by atoms with Crippen molar-refractivity contribution in [3.63, 3.8) is 0 Å². The average molecular weight is 464 g/mol. The molecule has 0 rings (SSSR count). The first-order valence-corrected chi connectivity index (χ1v) is 8.57. The first-order valence-electron chi connectivity index (χ1n) is 7.33. The van der Waals surface area contributed by atoms with Crippen molar-refractivity contribution in [2.75, 3.05) is 0 Å². The van der Waals surface area contributed by atoms with Gasteiger partial charge in [-0.15, -0.1) is 0 Å². The molecule has 0 spiro atoms. The summed E-state index contributed by atoms with van der Waals surface area (Å²) in [4.78, 5) is 0. The van der Waals surface area contributed by atoms with Crippen molar-refractivity contribution in [1.82, 2.24) is 0 Å². The first-order chi connectivity index (χ1) is 10.5. The van der Waals surface area contributed by atoms with Crippen LogP contribution in [-0.4, -0.2) is 16.0 Å². The lowest BCUT2D eigenvalue weighted by Gasteiger charge is -2.27. The molecule has 23 heavy (non-hydrogen) atoms. The molecule has 0 bridgehead atoms. The fourth-order valence-electron chi connectivity index (χ4n) is 1.87. The van der Waals surface area contributed by atoms with Crippen molar-refractivity contribution in [2.24, 2.45) is 0 Å². The quantitative estimate of drug-likeness (QED) is 0.0976. The van der Waals surface area contributed by atoms with E-state index in [9.17, 15) is 30.7 Å². The Morgan fingerprint density at radius 3 is 2.00 bits per heavy atom. The maximum atomic E-state index is 13.4. The molecule has 0 aromatic heterocycles. The van der Waals surface area contributed by atoms with Crippen LogP contribution in [0.5, 0.6) is 0 Å². The number of unbranched alkanes of at least 4 members (excludes halogenated alkanes) is 5. The van der Waals surface area contributed by atoms with Crippen molar-refractivity contribution in [2.45, 2.75) is 74.2 Å². The number of hydrogen-bond acceptors (Lipinski definition) is 1. The summed E-state index contributed by atoms with van der Waals surface area (Å²) in [6.45, 7) is 2.05. The molecule has 0 aliphatic carbocycles. The van der Waals surface area contributed by atoms with E-state index >= 15 is 0 Å². The smallest absolute Gasteiger partial charge is 0.398 e. The van der Waals surface area contributed by atoms with Gasteiger partial charge in [0, 0.05) is 10.3 Å². The molecule has 0 fully saturated rings. The summed E-state index contributed by atoms with van der Waals surface area (Å²) in [7, 11) is 0. The maximum Gasteiger partial charge on any atom is 0.466 e. The van der Waals surface area contributed by atoms with E-state index in [4.69, 9.17) is 0 Å². The number of ether oxygens (including phenoxy) is 1. The third-order valence-electron chi connectivity index (χ3n) is 3.14. The normalized spacial score (nSPS) is 13.8. The van der Waals surface area contributed by atoms with Crippen molar-refractivity contribution in [1.29, 1.82) is 0 Å². The van der Waals surface area contributed by atoms with Crippen LogP contribution in [0.2, 0.25) is 0 Å². The highest BCUT2D eigenvalue weighted by atomic mass is 127. The van der Waals surface area contributed by atoms with Gasteiger partial charge in [0.05, 0.1) is 0 Å². The van der Waals surface area contributed by atoms with E-state index in [1.54, 1.807) is 22.6 Å². The molecule has 0 N–H and O–H groups in total. The molecule has 0 aromatic carbocycles. The van der Waals surface area contributed by atoms with Crippen molar-refractivity contribution >= 4 is 22.6 Å². The molecule has 0 heterocycles. The molecule has 0 saturated carbocycles. The Labute approximate surface area is 144 Å². The zero-order valence-corrected chi connectivity index (χ0v) is 14.8. The Morgan fingerprint density at radius 1 is 0.957 bits per heavy atom. The summed E-state index contributed by atoms with van der Waals surface area (Å²) in [5.74, 6) is -4.74. The van der Waals surface area contributed by atoms with Gasteiger partial charge in [-0.25, -0.2) is 0 Å². The minimum Gasteiger partial charge on any atom is -0.398 e. The van der Waals surface area contributed by atoms with Crippen LogP contribution in [0.15, 0.2) is 12.1 Å². The van der Waals surface area contributed by atoms with Gasteiger partial charge in [-0.1, -0.05) is 68.0 Å².